The molecule has 3 rings (SSSR count). The summed E-state index contributed by atoms with van der Waals surface area (Å²) in [4.78, 5) is 15.4. The molecule has 0 radical (unpaired) electrons. The van der Waals surface area contributed by atoms with Gasteiger partial charge < -0.3 is 4.90 Å². The Bertz CT molecular complexity index is 606. The van der Waals surface area contributed by atoms with Crippen LogP contribution in [0.25, 0.3) is 11.4 Å². The number of halogens is 1. The van der Waals surface area contributed by atoms with Crippen molar-refractivity contribution in [2.24, 2.45) is 0 Å². The third-order valence-electron chi connectivity index (χ3n) is 3.86. The van der Waals surface area contributed by atoms with Gasteiger partial charge in [0.15, 0.2) is 5.82 Å². The Morgan fingerprint density at radius 3 is 2.38 bits per heavy atom. The van der Waals surface area contributed by atoms with Crippen LogP contribution < -0.4 is 4.90 Å². The normalized spacial score (nSPS) is 15.2. The highest BCUT2D eigenvalue weighted by molar-refractivity contribution is 6.28. The lowest BCUT2D eigenvalue weighted by molar-refractivity contribution is 0.567. The van der Waals surface area contributed by atoms with E-state index in [0.717, 1.165) is 25.1 Å². The van der Waals surface area contributed by atoms with Crippen molar-refractivity contribution in [3.63, 3.8) is 0 Å². The van der Waals surface area contributed by atoms with Crippen LogP contribution in [0, 0.1) is 0 Å². The third kappa shape index (κ3) is 3.32. The minimum absolute atomic E-state index is 0.264. The summed E-state index contributed by atoms with van der Waals surface area (Å²) in [7, 11) is 0. The Morgan fingerprint density at radius 1 is 1.00 bits per heavy atom. The number of piperidine rings is 1. The molecule has 1 aromatic carbocycles. The van der Waals surface area contributed by atoms with Crippen molar-refractivity contribution in [3.05, 3.63) is 35.1 Å². The maximum atomic E-state index is 6.09. The van der Waals surface area contributed by atoms with E-state index in [1.54, 1.807) is 0 Å². The van der Waals surface area contributed by atoms with Crippen LogP contribution in [0.15, 0.2) is 24.3 Å². The van der Waals surface area contributed by atoms with Crippen molar-refractivity contribution in [2.45, 2.75) is 32.6 Å². The topological polar surface area (TPSA) is 41.9 Å². The van der Waals surface area contributed by atoms with Gasteiger partial charge in [0.25, 0.3) is 0 Å². The molecule has 1 fully saturated rings. The predicted octanol–water partition coefficient (Wildman–Crippen LogP) is 3.74. The number of hydrogen-bond acceptors (Lipinski definition) is 4. The molecule has 0 amide bonds. The van der Waals surface area contributed by atoms with Crippen molar-refractivity contribution in [1.29, 1.82) is 0 Å². The molecule has 0 aliphatic carbocycles. The molecule has 110 valence electrons. The average molecular weight is 303 g/mol. The maximum absolute atomic E-state index is 6.09. The van der Waals surface area contributed by atoms with Gasteiger partial charge in [0.2, 0.25) is 11.2 Å². The van der Waals surface area contributed by atoms with Crippen LogP contribution in [0.1, 0.15) is 31.7 Å². The van der Waals surface area contributed by atoms with Crippen LogP contribution in [0.5, 0.6) is 0 Å². The van der Waals surface area contributed by atoms with Crippen LogP contribution in [-0.4, -0.2) is 28.0 Å². The van der Waals surface area contributed by atoms with Crippen LogP contribution >= 0.6 is 11.6 Å². The summed E-state index contributed by atoms with van der Waals surface area (Å²) in [6.45, 7) is 4.13. The Morgan fingerprint density at radius 2 is 1.71 bits per heavy atom. The smallest absolute Gasteiger partial charge is 0.230 e. The first-order valence-electron chi connectivity index (χ1n) is 7.52. The van der Waals surface area contributed by atoms with Crippen molar-refractivity contribution in [1.82, 2.24) is 15.0 Å². The molecule has 1 aromatic heterocycles. The lowest BCUT2D eigenvalue weighted by Gasteiger charge is -2.26. The third-order valence-corrected chi connectivity index (χ3v) is 4.02. The number of benzene rings is 1. The molecule has 5 heteroatoms. The summed E-state index contributed by atoms with van der Waals surface area (Å²) in [6, 6.07) is 8.30. The Kier molecular flexibility index (Phi) is 4.34. The summed E-state index contributed by atoms with van der Waals surface area (Å²) in [5, 5.41) is 0.264. The zero-order valence-electron chi connectivity index (χ0n) is 12.2. The summed E-state index contributed by atoms with van der Waals surface area (Å²) >= 11 is 6.09. The van der Waals surface area contributed by atoms with Gasteiger partial charge in [-0.05, 0) is 42.8 Å². The largest absolute Gasteiger partial charge is 0.341 e. The van der Waals surface area contributed by atoms with Gasteiger partial charge >= 0.3 is 0 Å². The number of rotatable bonds is 3. The summed E-state index contributed by atoms with van der Waals surface area (Å²) in [5.74, 6) is 1.35. The second-order valence-corrected chi connectivity index (χ2v) is 5.66. The highest BCUT2D eigenvalue weighted by Gasteiger charge is 2.16. The molecule has 2 aromatic rings. The van der Waals surface area contributed by atoms with E-state index in [2.05, 4.69) is 38.9 Å². The molecule has 0 unspecified atom stereocenters. The van der Waals surface area contributed by atoms with Gasteiger partial charge in [-0.3, -0.25) is 0 Å². The Hall–Kier alpha value is -1.68. The first-order valence-corrected chi connectivity index (χ1v) is 7.90. The maximum Gasteiger partial charge on any atom is 0.230 e. The molecule has 1 aliphatic rings. The highest BCUT2D eigenvalue weighted by atomic mass is 35.5. The average Bonchev–Trinajstić information content (AvgIpc) is 2.55. The molecule has 0 N–H and O–H groups in total. The van der Waals surface area contributed by atoms with E-state index in [-0.39, 0.29) is 5.28 Å². The minimum atomic E-state index is 0.264. The quantitative estimate of drug-likeness (QED) is 0.866. The molecule has 0 bridgehead atoms. The SMILES string of the molecule is CCc1ccc(-c2nc(Cl)nc(N3CCCCC3)n2)cc1. The van der Waals surface area contributed by atoms with Gasteiger partial charge in [-0.25, -0.2) is 0 Å². The highest BCUT2D eigenvalue weighted by Crippen LogP contribution is 2.22. The first-order chi connectivity index (χ1) is 10.3. The molecule has 1 aliphatic heterocycles. The van der Waals surface area contributed by atoms with Crippen molar-refractivity contribution in [2.75, 3.05) is 18.0 Å². The standard InChI is InChI=1S/C16H19ClN4/c1-2-12-6-8-13(9-7-12)14-18-15(17)20-16(19-14)21-10-4-3-5-11-21/h6-9H,2-5,10-11H2,1H3. The van der Waals surface area contributed by atoms with Crippen LogP contribution in [0.3, 0.4) is 0 Å². The second kappa shape index (κ2) is 6.39. The van der Waals surface area contributed by atoms with E-state index >= 15 is 0 Å². The molecular weight excluding hydrogens is 284 g/mol. The molecule has 1 saturated heterocycles. The van der Waals surface area contributed by atoms with Crippen molar-refractivity contribution >= 4 is 17.5 Å². The number of hydrogen-bond donors (Lipinski definition) is 0. The number of aromatic nitrogens is 3. The van der Waals surface area contributed by atoms with E-state index in [1.807, 2.05) is 12.1 Å². The predicted molar refractivity (Wildman–Crippen MR) is 85.7 cm³/mol. The van der Waals surface area contributed by atoms with Gasteiger partial charge in [-0.2, -0.15) is 15.0 Å². The lowest BCUT2D eigenvalue weighted by atomic mass is 10.1. The fourth-order valence-electron chi connectivity index (χ4n) is 2.59. The van der Waals surface area contributed by atoms with Crippen LogP contribution in [-0.2, 0) is 6.42 Å². The number of nitrogens with zero attached hydrogens (tertiary/aromatic N) is 4. The summed E-state index contributed by atoms with van der Waals surface area (Å²) in [5.41, 5.74) is 2.28. The van der Waals surface area contributed by atoms with E-state index in [9.17, 15) is 0 Å². The molecule has 0 saturated carbocycles. The number of anilines is 1. The van der Waals surface area contributed by atoms with Gasteiger partial charge in [0, 0.05) is 18.7 Å². The lowest BCUT2D eigenvalue weighted by Crippen LogP contribution is -2.31. The van der Waals surface area contributed by atoms with Gasteiger partial charge in [0.05, 0.1) is 0 Å². The van der Waals surface area contributed by atoms with Gasteiger partial charge in [-0.1, -0.05) is 31.2 Å². The zero-order valence-corrected chi connectivity index (χ0v) is 13.0. The van der Waals surface area contributed by atoms with E-state index in [1.165, 1.54) is 24.8 Å². The van der Waals surface area contributed by atoms with E-state index in [0.29, 0.717) is 11.8 Å². The van der Waals surface area contributed by atoms with Gasteiger partial charge in [0.1, 0.15) is 0 Å². The second-order valence-electron chi connectivity index (χ2n) is 5.33. The molecule has 0 atom stereocenters. The van der Waals surface area contributed by atoms with E-state index < -0.39 is 0 Å². The molecule has 0 spiro atoms. The zero-order chi connectivity index (χ0) is 14.7. The molecular formula is C16H19ClN4. The fraction of sp³-hybridized carbons (Fsp3) is 0.438. The summed E-state index contributed by atoms with van der Waals surface area (Å²) in [6.07, 6.45) is 4.67. The molecule has 21 heavy (non-hydrogen) atoms. The fourth-order valence-corrected chi connectivity index (χ4v) is 2.75. The molecule has 2 heterocycles. The van der Waals surface area contributed by atoms with E-state index in [4.69, 9.17) is 11.6 Å². The van der Waals surface area contributed by atoms with Crippen LogP contribution in [0.4, 0.5) is 5.95 Å². The van der Waals surface area contributed by atoms with Crippen molar-refractivity contribution < 1.29 is 0 Å². The molecule has 4 nitrogen and oxygen atoms in total. The minimum Gasteiger partial charge on any atom is -0.341 e. The first kappa shape index (κ1) is 14.3. The van der Waals surface area contributed by atoms with Gasteiger partial charge in [-0.15, -0.1) is 0 Å². The monoisotopic (exact) mass is 302 g/mol. The van der Waals surface area contributed by atoms with Crippen LogP contribution in [0.2, 0.25) is 5.28 Å². The summed E-state index contributed by atoms with van der Waals surface area (Å²) < 4.78 is 0. The Balaban J connectivity index is 1.92. The Labute approximate surface area is 130 Å². The van der Waals surface area contributed by atoms with Crippen molar-refractivity contribution in [3.8, 4) is 11.4 Å². The number of aryl methyl sites for hydroxylation is 1.